The summed E-state index contributed by atoms with van der Waals surface area (Å²) in [6, 6.07) is 9.43. The van der Waals surface area contributed by atoms with E-state index in [1.165, 1.54) is 35.6 Å². The van der Waals surface area contributed by atoms with Crippen molar-refractivity contribution in [2.24, 2.45) is 4.99 Å². The molecular formula is C23H23ClN2O7S2. The number of amides is 1. The van der Waals surface area contributed by atoms with Gasteiger partial charge in [-0.25, -0.2) is 8.42 Å². The lowest BCUT2D eigenvalue weighted by atomic mass is 10.2. The van der Waals surface area contributed by atoms with Crippen molar-refractivity contribution in [3.05, 3.63) is 46.2 Å². The van der Waals surface area contributed by atoms with Crippen molar-refractivity contribution in [2.45, 2.75) is 31.2 Å². The molecule has 3 aromatic rings. The monoisotopic (exact) mass is 538 g/mol. The van der Waals surface area contributed by atoms with Crippen LogP contribution in [0.5, 0.6) is 11.5 Å². The maximum Gasteiger partial charge on any atom is 0.326 e. The topological polar surface area (TPSA) is 113 Å². The van der Waals surface area contributed by atoms with Crippen molar-refractivity contribution in [1.29, 1.82) is 0 Å². The summed E-state index contributed by atoms with van der Waals surface area (Å²) in [7, 11) is -3.55. The molecule has 0 bridgehead atoms. The first-order valence-corrected chi connectivity index (χ1v) is 13.8. The summed E-state index contributed by atoms with van der Waals surface area (Å²) in [6.07, 6.45) is 0.0369. The molecule has 0 radical (unpaired) electrons. The van der Waals surface area contributed by atoms with E-state index in [1.54, 1.807) is 23.6 Å². The first kappa shape index (κ1) is 25.2. The Morgan fingerprint density at radius 2 is 1.83 bits per heavy atom. The van der Waals surface area contributed by atoms with E-state index in [0.29, 0.717) is 40.1 Å². The molecule has 0 N–H and O–H groups in total. The van der Waals surface area contributed by atoms with E-state index >= 15 is 0 Å². The lowest BCUT2D eigenvalue weighted by molar-refractivity contribution is -0.143. The molecule has 186 valence electrons. The Kier molecular flexibility index (Phi) is 7.78. The van der Waals surface area contributed by atoms with Crippen LogP contribution in [0.4, 0.5) is 0 Å². The van der Waals surface area contributed by atoms with Gasteiger partial charge in [0.25, 0.3) is 0 Å². The molecule has 1 aliphatic heterocycles. The predicted octanol–water partition coefficient (Wildman–Crippen LogP) is 3.37. The molecular weight excluding hydrogens is 516 g/mol. The number of hydrogen-bond donors (Lipinski definition) is 0. The van der Waals surface area contributed by atoms with Crippen molar-refractivity contribution in [2.75, 3.05) is 25.6 Å². The van der Waals surface area contributed by atoms with E-state index < -0.39 is 21.7 Å². The van der Waals surface area contributed by atoms with E-state index in [9.17, 15) is 18.0 Å². The van der Waals surface area contributed by atoms with Crippen LogP contribution in [0.25, 0.3) is 10.2 Å². The minimum Gasteiger partial charge on any atom is -0.486 e. The SMILES string of the molecule is CCOC(=O)Cn1c(=NC(=O)CCCS(=O)(=O)c2ccc(Cl)cc2)sc2cc3c(cc21)OCCO3. The number of carbonyl (C=O) groups is 2. The molecule has 12 heteroatoms. The summed E-state index contributed by atoms with van der Waals surface area (Å²) in [4.78, 5) is 29.5. The minimum atomic E-state index is -3.55. The smallest absolute Gasteiger partial charge is 0.326 e. The molecule has 4 rings (SSSR count). The van der Waals surface area contributed by atoms with Gasteiger partial charge in [-0.3, -0.25) is 9.59 Å². The number of nitrogens with zero attached hydrogens (tertiary/aromatic N) is 2. The average molecular weight is 539 g/mol. The summed E-state index contributed by atoms with van der Waals surface area (Å²) in [5, 5.41) is 0.441. The second kappa shape index (κ2) is 10.8. The number of aromatic nitrogens is 1. The molecule has 0 saturated heterocycles. The Morgan fingerprint density at radius 3 is 2.51 bits per heavy atom. The number of thiazole rings is 1. The Bertz CT molecular complexity index is 1430. The van der Waals surface area contributed by atoms with E-state index in [0.717, 1.165) is 4.70 Å². The van der Waals surface area contributed by atoms with E-state index in [-0.39, 0.29) is 36.6 Å². The van der Waals surface area contributed by atoms with Crippen LogP contribution in [0, 0.1) is 0 Å². The van der Waals surface area contributed by atoms with Gasteiger partial charge in [-0.15, -0.1) is 0 Å². The van der Waals surface area contributed by atoms with Crippen molar-refractivity contribution in [1.82, 2.24) is 4.57 Å². The number of halogens is 1. The largest absolute Gasteiger partial charge is 0.486 e. The van der Waals surface area contributed by atoms with E-state index in [2.05, 4.69) is 4.99 Å². The summed E-state index contributed by atoms with van der Waals surface area (Å²) < 4.78 is 43.7. The molecule has 0 spiro atoms. The van der Waals surface area contributed by atoms with Crippen LogP contribution in [0.2, 0.25) is 5.02 Å². The third kappa shape index (κ3) is 6.03. The third-order valence-corrected chi connectivity index (χ3v) is 8.25. The van der Waals surface area contributed by atoms with Gasteiger partial charge in [-0.2, -0.15) is 4.99 Å². The predicted molar refractivity (Wildman–Crippen MR) is 131 cm³/mol. The zero-order valence-corrected chi connectivity index (χ0v) is 21.2. The summed E-state index contributed by atoms with van der Waals surface area (Å²) >= 11 is 7.04. The first-order chi connectivity index (χ1) is 16.8. The Balaban J connectivity index is 1.56. The number of fused-ring (bicyclic) bond motifs is 2. The highest BCUT2D eigenvalue weighted by molar-refractivity contribution is 7.91. The number of hydrogen-bond acceptors (Lipinski definition) is 8. The highest BCUT2D eigenvalue weighted by Gasteiger charge is 2.19. The number of carbonyl (C=O) groups excluding carboxylic acids is 2. The van der Waals surface area contributed by atoms with E-state index in [4.69, 9.17) is 25.8 Å². The Hall–Kier alpha value is -2.89. The molecule has 2 heterocycles. The van der Waals surface area contributed by atoms with Crippen LogP contribution in [0.1, 0.15) is 19.8 Å². The fraction of sp³-hybridized carbons (Fsp3) is 0.348. The normalized spacial score (nSPS) is 13.7. The minimum absolute atomic E-state index is 0.0663. The Labute approximate surface area is 210 Å². The van der Waals surface area contributed by atoms with Gasteiger partial charge in [0.1, 0.15) is 19.8 Å². The fourth-order valence-corrected chi connectivity index (χ4v) is 6.01. The molecule has 0 aliphatic carbocycles. The molecule has 0 unspecified atom stereocenters. The lowest BCUT2D eigenvalue weighted by Crippen LogP contribution is -2.23. The lowest BCUT2D eigenvalue weighted by Gasteiger charge is -2.18. The second-order valence-corrected chi connectivity index (χ2v) is 11.2. The van der Waals surface area contributed by atoms with Gasteiger partial charge >= 0.3 is 5.97 Å². The summed E-state index contributed by atoms with van der Waals surface area (Å²) in [6.45, 7) is 2.64. The van der Waals surface area contributed by atoms with Gasteiger partial charge in [-0.1, -0.05) is 22.9 Å². The van der Waals surface area contributed by atoms with E-state index in [1.807, 2.05) is 0 Å². The molecule has 35 heavy (non-hydrogen) atoms. The van der Waals surface area contributed by atoms with Gasteiger partial charge in [0.2, 0.25) is 5.91 Å². The molecule has 1 amide bonds. The third-order valence-electron chi connectivity index (χ3n) is 5.14. The Morgan fingerprint density at radius 1 is 1.14 bits per heavy atom. The number of esters is 1. The van der Waals surface area contributed by atoms with Crippen molar-refractivity contribution in [3.63, 3.8) is 0 Å². The molecule has 1 aliphatic rings. The van der Waals surface area contributed by atoms with Crippen LogP contribution in [-0.2, 0) is 30.7 Å². The highest BCUT2D eigenvalue weighted by atomic mass is 35.5. The molecule has 0 atom stereocenters. The van der Waals surface area contributed by atoms with Gasteiger partial charge in [0.15, 0.2) is 26.1 Å². The number of ether oxygens (including phenoxy) is 3. The van der Waals surface area contributed by atoms with Gasteiger partial charge < -0.3 is 18.8 Å². The van der Waals surface area contributed by atoms with Crippen LogP contribution in [-0.4, -0.2) is 50.4 Å². The molecule has 9 nitrogen and oxygen atoms in total. The molecule has 2 aromatic carbocycles. The van der Waals surface area contributed by atoms with Crippen LogP contribution >= 0.6 is 22.9 Å². The zero-order valence-electron chi connectivity index (χ0n) is 18.9. The number of rotatable bonds is 8. The van der Waals surface area contributed by atoms with Crippen molar-refractivity contribution in [3.8, 4) is 11.5 Å². The van der Waals surface area contributed by atoms with Gasteiger partial charge in [0.05, 0.1) is 27.5 Å². The van der Waals surface area contributed by atoms with Crippen LogP contribution < -0.4 is 14.3 Å². The zero-order chi connectivity index (χ0) is 25.0. The van der Waals surface area contributed by atoms with Crippen LogP contribution in [0.3, 0.4) is 0 Å². The maximum atomic E-state index is 12.6. The average Bonchev–Trinajstić information content (AvgIpc) is 3.13. The van der Waals surface area contributed by atoms with Crippen LogP contribution in [0.15, 0.2) is 46.3 Å². The molecule has 1 aromatic heterocycles. The van der Waals surface area contributed by atoms with Gasteiger partial charge in [0, 0.05) is 23.6 Å². The number of benzene rings is 2. The van der Waals surface area contributed by atoms with Crippen molar-refractivity contribution < 1.29 is 32.2 Å². The first-order valence-electron chi connectivity index (χ1n) is 10.9. The van der Waals surface area contributed by atoms with Gasteiger partial charge in [-0.05, 0) is 37.6 Å². The standard InChI is InChI=1S/C23H23ClN2O7S2/c1-2-31-22(28)14-26-17-12-18-19(33-10-9-32-18)13-20(17)34-23(26)25-21(27)4-3-11-35(29,30)16-7-5-15(24)6-8-16/h5-8,12-13H,2-4,9-11,14H2,1H3. The second-order valence-electron chi connectivity index (χ2n) is 7.62. The maximum absolute atomic E-state index is 12.6. The molecule has 0 saturated carbocycles. The number of sulfone groups is 1. The highest BCUT2D eigenvalue weighted by Crippen LogP contribution is 2.35. The fourth-order valence-electron chi connectivity index (χ4n) is 3.52. The summed E-state index contributed by atoms with van der Waals surface area (Å²) in [5.74, 6) is -0.0298. The molecule has 0 fully saturated rings. The summed E-state index contributed by atoms with van der Waals surface area (Å²) in [5.41, 5.74) is 0.657. The van der Waals surface area contributed by atoms with Crippen molar-refractivity contribution >= 4 is 54.9 Å². The quantitative estimate of drug-likeness (QED) is 0.404.